The summed E-state index contributed by atoms with van der Waals surface area (Å²) < 4.78 is 39.7. The topological polar surface area (TPSA) is 63.8 Å². The number of aromatic nitrogens is 2. The van der Waals surface area contributed by atoms with E-state index in [1.165, 1.54) is 12.4 Å². The van der Waals surface area contributed by atoms with Crippen molar-refractivity contribution in [2.75, 3.05) is 0 Å². The van der Waals surface area contributed by atoms with E-state index in [1.54, 1.807) is 6.07 Å². The minimum absolute atomic E-state index is 0.0533. The maximum Gasteiger partial charge on any atom is 0.416 e. The number of hydrogen-bond donors (Lipinski definition) is 2. The molecule has 3 N–H and O–H groups in total. The zero-order valence-corrected chi connectivity index (χ0v) is 11.6. The highest BCUT2D eigenvalue weighted by atomic mass is 79.9. The molecule has 0 aliphatic rings. The zero-order chi connectivity index (χ0) is 14.8. The first-order chi connectivity index (χ1) is 9.43. The van der Waals surface area contributed by atoms with Crippen LogP contribution in [0.3, 0.4) is 0 Å². The number of rotatable bonds is 3. The summed E-state index contributed by atoms with van der Waals surface area (Å²) in [5.41, 5.74) is 2.04. The van der Waals surface area contributed by atoms with Gasteiger partial charge in [0.25, 0.3) is 0 Å². The summed E-state index contributed by atoms with van der Waals surface area (Å²) in [6.45, 7) is 0. The Morgan fingerprint density at radius 2 is 1.95 bits per heavy atom. The standard InChI is InChI=1S/C12H10BrF3N4/c13-8-3-7(4-19-5-8)11(20-17)9-6-18-2-1-10(9)12(14,15)16/h1-6,11,20H,17H2. The van der Waals surface area contributed by atoms with Crippen molar-refractivity contribution in [2.24, 2.45) is 5.84 Å². The smallest absolute Gasteiger partial charge is 0.271 e. The lowest BCUT2D eigenvalue weighted by atomic mass is 9.97. The number of pyridine rings is 2. The summed E-state index contributed by atoms with van der Waals surface area (Å²) in [5.74, 6) is 5.41. The number of alkyl halides is 3. The van der Waals surface area contributed by atoms with Gasteiger partial charge in [0.05, 0.1) is 11.6 Å². The van der Waals surface area contributed by atoms with Crippen molar-refractivity contribution in [3.05, 3.63) is 58.1 Å². The molecule has 2 aromatic rings. The second-order valence-corrected chi connectivity index (χ2v) is 4.91. The second kappa shape index (κ2) is 5.86. The van der Waals surface area contributed by atoms with E-state index in [0.29, 0.717) is 10.0 Å². The molecule has 0 amide bonds. The van der Waals surface area contributed by atoms with Crippen molar-refractivity contribution in [3.8, 4) is 0 Å². The van der Waals surface area contributed by atoms with E-state index in [1.807, 2.05) is 0 Å². The Balaban J connectivity index is 2.53. The molecule has 0 spiro atoms. The molecular formula is C12H10BrF3N4. The summed E-state index contributed by atoms with van der Waals surface area (Å²) >= 11 is 3.22. The molecule has 0 bridgehead atoms. The van der Waals surface area contributed by atoms with Gasteiger partial charge in [-0.05, 0) is 33.6 Å². The Bertz CT molecular complexity index is 603. The number of hydrogen-bond acceptors (Lipinski definition) is 4. The third-order valence-electron chi connectivity index (χ3n) is 2.69. The first kappa shape index (κ1) is 14.9. The molecule has 4 nitrogen and oxygen atoms in total. The average Bonchev–Trinajstić information content (AvgIpc) is 2.39. The van der Waals surface area contributed by atoms with Crippen molar-refractivity contribution in [1.29, 1.82) is 0 Å². The lowest BCUT2D eigenvalue weighted by molar-refractivity contribution is -0.138. The molecule has 2 aromatic heterocycles. The zero-order valence-electron chi connectivity index (χ0n) is 10.0. The molecule has 1 unspecified atom stereocenters. The van der Waals surface area contributed by atoms with Crippen molar-refractivity contribution in [3.63, 3.8) is 0 Å². The number of halogens is 4. The summed E-state index contributed by atoms with van der Waals surface area (Å²) in [6, 6.07) is 1.71. The largest absolute Gasteiger partial charge is 0.416 e. The lowest BCUT2D eigenvalue weighted by Crippen LogP contribution is -2.30. The fourth-order valence-electron chi connectivity index (χ4n) is 1.85. The monoisotopic (exact) mass is 346 g/mol. The highest BCUT2D eigenvalue weighted by Gasteiger charge is 2.35. The number of nitrogens with one attached hydrogen (secondary N) is 1. The molecule has 0 saturated carbocycles. The summed E-state index contributed by atoms with van der Waals surface area (Å²) in [5, 5.41) is 0. The van der Waals surface area contributed by atoms with E-state index in [2.05, 4.69) is 31.3 Å². The molecule has 0 saturated heterocycles. The van der Waals surface area contributed by atoms with Gasteiger partial charge in [0, 0.05) is 34.8 Å². The maximum absolute atomic E-state index is 13.0. The minimum atomic E-state index is -4.48. The average molecular weight is 347 g/mol. The highest BCUT2D eigenvalue weighted by molar-refractivity contribution is 9.10. The molecule has 20 heavy (non-hydrogen) atoms. The lowest BCUT2D eigenvalue weighted by Gasteiger charge is -2.20. The van der Waals surface area contributed by atoms with Crippen LogP contribution in [0, 0.1) is 0 Å². The third-order valence-corrected chi connectivity index (χ3v) is 3.13. The molecular weight excluding hydrogens is 337 g/mol. The Labute approximate surface area is 121 Å². The van der Waals surface area contributed by atoms with Gasteiger partial charge < -0.3 is 0 Å². The van der Waals surface area contributed by atoms with Crippen molar-refractivity contribution in [1.82, 2.24) is 15.4 Å². The van der Waals surface area contributed by atoms with Crippen LogP contribution in [-0.4, -0.2) is 9.97 Å². The van der Waals surface area contributed by atoms with E-state index in [4.69, 9.17) is 5.84 Å². The molecule has 0 radical (unpaired) electrons. The number of hydrazine groups is 1. The predicted octanol–water partition coefficient (Wildman–Crippen LogP) is 2.81. The second-order valence-electron chi connectivity index (χ2n) is 4.00. The van der Waals surface area contributed by atoms with Crippen LogP contribution in [0.25, 0.3) is 0 Å². The van der Waals surface area contributed by atoms with Crippen molar-refractivity contribution in [2.45, 2.75) is 12.2 Å². The van der Waals surface area contributed by atoms with Crippen LogP contribution in [0.4, 0.5) is 13.2 Å². The van der Waals surface area contributed by atoms with Gasteiger partial charge >= 0.3 is 6.18 Å². The molecule has 0 aliphatic heterocycles. The van der Waals surface area contributed by atoms with Crippen LogP contribution in [0.1, 0.15) is 22.7 Å². The van der Waals surface area contributed by atoms with Gasteiger partial charge in [-0.25, -0.2) is 5.43 Å². The fraction of sp³-hybridized carbons (Fsp3) is 0.167. The van der Waals surface area contributed by atoms with E-state index >= 15 is 0 Å². The molecule has 2 heterocycles. The van der Waals surface area contributed by atoms with Crippen molar-refractivity contribution < 1.29 is 13.2 Å². The first-order valence-electron chi connectivity index (χ1n) is 5.51. The van der Waals surface area contributed by atoms with E-state index < -0.39 is 17.8 Å². The minimum Gasteiger partial charge on any atom is -0.271 e. The van der Waals surface area contributed by atoms with Gasteiger partial charge in [-0.2, -0.15) is 13.2 Å². The molecule has 0 aromatic carbocycles. The van der Waals surface area contributed by atoms with Gasteiger partial charge in [-0.3, -0.25) is 15.8 Å². The van der Waals surface area contributed by atoms with Crippen LogP contribution >= 0.6 is 15.9 Å². The maximum atomic E-state index is 13.0. The molecule has 106 valence electrons. The summed E-state index contributed by atoms with van der Waals surface area (Å²) in [4.78, 5) is 7.67. The van der Waals surface area contributed by atoms with Gasteiger partial charge in [-0.15, -0.1) is 0 Å². The Hall–Kier alpha value is -1.51. The van der Waals surface area contributed by atoms with Crippen LogP contribution < -0.4 is 11.3 Å². The van der Waals surface area contributed by atoms with Gasteiger partial charge in [-0.1, -0.05) is 0 Å². The number of nitrogens with two attached hydrogens (primary N) is 1. The normalized spacial score (nSPS) is 13.2. The summed E-state index contributed by atoms with van der Waals surface area (Å²) in [7, 11) is 0. The van der Waals surface area contributed by atoms with Crippen molar-refractivity contribution >= 4 is 15.9 Å². The fourth-order valence-corrected chi connectivity index (χ4v) is 2.23. The quantitative estimate of drug-likeness (QED) is 0.662. The Morgan fingerprint density at radius 3 is 2.55 bits per heavy atom. The van der Waals surface area contributed by atoms with E-state index in [9.17, 15) is 13.2 Å². The van der Waals surface area contributed by atoms with Gasteiger partial charge in [0.15, 0.2) is 0 Å². The van der Waals surface area contributed by atoms with Gasteiger partial charge in [0.2, 0.25) is 0 Å². The highest BCUT2D eigenvalue weighted by Crippen LogP contribution is 2.35. The van der Waals surface area contributed by atoms with E-state index in [-0.39, 0.29) is 5.56 Å². The molecule has 8 heteroatoms. The van der Waals surface area contributed by atoms with Crippen LogP contribution in [-0.2, 0) is 6.18 Å². The van der Waals surface area contributed by atoms with Gasteiger partial charge in [0.1, 0.15) is 0 Å². The first-order valence-corrected chi connectivity index (χ1v) is 6.30. The Kier molecular flexibility index (Phi) is 4.36. The molecule has 0 fully saturated rings. The summed E-state index contributed by atoms with van der Waals surface area (Å²) in [6.07, 6.45) is 0.744. The third kappa shape index (κ3) is 3.14. The van der Waals surface area contributed by atoms with Crippen LogP contribution in [0.5, 0.6) is 0 Å². The molecule has 2 rings (SSSR count). The number of nitrogens with zero attached hydrogens (tertiary/aromatic N) is 2. The van der Waals surface area contributed by atoms with Crippen LogP contribution in [0.15, 0.2) is 41.4 Å². The molecule has 0 aliphatic carbocycles. The van der Waals surface area contributed by atoms with Crippen LogP contribution in [0.2, 0.25) is 0 Å². The Morgan fingerprint density at radius 1 is 1.20 bits per heavy atom. The molecule has 1 atom stereocenters. The SMILES string of the molecule is NNC(c1cncc(Br)c1)c1cnccc1C(F)(F)F. The predicted molar refractivity (Wildman–Crippen MR) is 70.3 cm³/mol. The van der Waals surface area contributed by atoms with E-state index in [0.717, 1.165) is 18.5 Å².